The van der Waals surface area contributed by atoms with E-state index >= 15 is 0 Å². The van der Waals surface area contributed by atoms with E-state index in [9.17, 15) is 0 Å². The quantitative estimate of drug-likeness (QED) is 0.295. The van der Waals surface area contributed by atoms with Crippen molar-refractivity contribution in [2.24, 2.45) is 4.99 Å². The van der Waals surface area contributed by atoms with Crippen LogP contribution in [0.5, 0.6) is 0 Å². The van der Waals surface area contributed by atoms with Gasteiger partial charge in [-0.3, -0.25) is 4.99 Å². The maximum absolute atomic E-state index is 5.33. The summed E-state index contributed by atoms with van der Waals surface area (Å²) >= 11 is 0. The lowest BCUT2D eigenvalue weighted by Gasteiger charge is -2.23. The summed E-state index contributed by atoms with van der Waals surface area (Å²) in [6, 6.07) is 10.5. The smallest absolute Gasteiger partial charge is 0.191 e. The Morgan fingerprint density at radius 2 is 1.82 bits per heavy atom. The van der Waals surface area contributed by atoms with Gasteiger partial charge in [0.1, 0.15) is 0 Å². The highest BCUT2D eigenvalue weighted by atomic mass is 127. The molecule has 0 saturated heterocycles. The number of aliphatic imine (C=N–C) groups is 1. The standard InChI is InChI=1S/C17H29N3O.HI/c1-5-18-16(19-12-13-21-6-2)20-14-17(3,4)15-10-8-7-9-11-15;/h7-11H,5-6,12-14H2,1-4H3,(H2,18,19,20);1H. The lowest BCUT2D eigenvalue weighted by atomic mass is 9.85. The van der Waals surface area contributed by atoms with Gasteiger partial charge in [0.15, 0.2) is 5.96 Å². The zero-order chi connectivity index (χ0) is 15.6. The number of halogens is 1. The van der Waals surface area contributed by atoms with Crippen LogP contribution in [0.25, 0.3) is 0 Å². The summed E-state index contributed by atoms with van der Waals surface area (Å²) in [5.74, 6) is 0.848. The molecule has 0 saturated carbocycles. The fourth-order valence-electron chi connectivity index (χ4n) is 1.99. The average molecular weight is 419 g/mol. The average Bonchev–Trinajstić information content (AvgIpc) is 2.50. The van der Waals surface area contributed by atoms with Gasteiger partial charge in [0.05, 0.1) is 13.2 Å². The Balaban J connectivity index is 0.00000441. The second kappa shape index (κ2) is 11.7. The topological polar surface area (TPSA) is 45.7 Å². The molecule has 1 aromatic rings. The number of nitrogens with zero attached hydrogens (tertiary/aromatic N) is 1. The highest BCUT2D eigenvalue weighted by molar-refractivity contribution is 14.0. The van der Waals surface area contributed by atoms with Gasteiger partial charge in [0.25, 0.3) is 0 Å². The predicted octanol–water partition coefficient (Wildman–Crippen LogP) is 3.17. The zero-order valence-corrected chi connectivity index (χ0v) is 16.5. The summed E-state index contributed by atoms with van der Waals surface area (Å²) < 4.78 is 5.33. The van der Waals surface area contributed by atoms with Crippen LogP contribution in [0.2, 0.25) is 0 Å². The number of benzene rings is 1. The van der Waals surface area contributed by atoms with Crippen LogP contribution in [0.3, 0.4) is 0 Å². The monoisotopic (exact) mass is 419 g/mol. The molecule has 0 aliphatic carbocycles. The number of hydrogen-bond donors (Lipinski definition) is 2. The highest BCUT2D eigenvalue weighted by Crippen LogP contribution is 2.22. The molecule has 5 heteroatoms. The van der Waals surface area contributed by atoms with Crippen molar-refractivity contribution in [1.29, 1.82) is 0 Å². The van der Waals surface area contributed by atoms with Crippen molar-refractivity contribution >= 4 is 29.9 Å². The summed E-state index contributed by atoms with van der Waals surface area (Å²) in [6.07, 6.45) is 0. The van der Waals surface area contributed by atoms with Gasteiger partial charge in [-0.1, -0.05) is 44.2 Å². The summed E-state index contributed by atoms with van der Waals surface area (Å²) in [7, 11) is 0. The van der Waals surface area contributed by atoms with Crippen LogP contribution in [-0.4, -0.2) is 38.8 Å². The number of ether oxygens (including phenoxy) is 1. The van der Waals surface area contributed by atoms with Crippen molar-refractivity contribution in [3.05, 3.63) is 35.9 Å². The number of hydrogen-bond acceptors (Lipinski definition) is 2. The van der Waals surface area contributed by atoms with Crippen LogP contribution >= 0.6 is 24.0 Å². The lowest BCUT2D eigenvalue weighted by Crippen LogP contribution is -2.40. The minimum Gasteiger partial charge on any atom is -0.380 e. The van der Waals surface area contributed by atoms with Gasteiger partial charge in [-0.25, -0.2) is 0 Å². The molecule has 126 valence electrons. The first-order valence-electron chi connectivity index (χ1n) is 7.75. The molecule has 1 rings (SSSR count). The second-order valence-corrected chi connectivity index (χ2v) is 5.57. The van der Waals surface area contributed by atoms with E-state index in [4.69, 9.17) is 9.73 Å². The van der Waals surface area contributed by atoms with Crippen LogP contribution in [-0.2, 0) is 10.2 Å². The fraction of sp³-hybridized carbons (Fsp3) is 0.588. The molecule has 0 radical (unpaired) electrons. The van der Waals surface area contributed by atoms with Gasteiger partial charge >= 0.3 is 0 Å². The Morgan fingerprint density at radius 3 is 2.41 bits per heavy atom. The van der Waals surface area contributed by atoms with Crippen molar-refractivity contribution in [3.63, 3.8) is 0 Å². The first kappa shape index (κ1) is 21.2. The van der Waals surface area contributed by atoms with E-state index in [0.717, 1.165) is 32.2 Å². The predicted molar refractivity (Wildman–Crippen MR) is 105 cm³/mol. The zero-order valence-electron chi connectivity index (χ0n) is 14.2. The summed E-state index contributed by atoms with van der Waals surface area (Å²) in [4.78, 5) is 4.70. The number of guanidine groups is 1. The molecule has 1 aromatic carbocycles. The highest BCUT2D eigenvalue weighted by Gasteiger charge is 2.19. The molecule has 0 atom stereocenters. The number of nitrogens with one attached hydrogen (secondary N) is 2. The molecule has 0 aliphatic heterocycles. The van der Waals surface area contributed by atoms with Crippen LogP contribution in [0.1, 0.15) is 33.3 Å². The minimum absolute atomic E-state index is 0. The van der Waals surface area contributed by atoms with E-state index < -0.39 is 0 Å². The SMILES string of the molecule is CCNC(=NCC(C)(C)c1ccccc1)NCCOCC.I. The molecular weight excluding hydrogens is 389 g/mol. The summed E-state index contributed by atoms with van der Waals surface area (Å²) in [5, 5.41) is 6.56. The van der Waals surface area contributed by atoms with Crippen molar-refractivity contribution in [3.8, 4) is 0 Å². The normalized spacial score (nSPS) is 11.7. The molecular formula is C17H30IN3O. The third-order valence-corrected chi connectivity index (χ3v) is 3.27. The van der Waals surface area contributed by atoms with Gasteiger partial charge in [0.2, 0.25) is 0 Å². The van der Waals surface area contributed by atoms with E-state index in [2.05, 4.69) is 55.7 Å². The lowest BCUT2D eigenvalue weighted by molar-refractivity contribution is 0.152. The van der Waals surface area contributed by atoms with Crippen molar-refractivity contribution in [1.82, 2.24) is 10.6 Å². The molecule has 0 spiro atoms. The van der Waals surface area contributed by atoms with Gasteiger partial charge in [-0.15, -0.1) is 24.0 Å². The molecule has 0 unspecified atom stereocenters. The Labute approximate surface area is 152 Å². The maximum Gasteiger partial charge on any atom is 0.191 e. The first-order chi connectivity index (χ1) is 10.1. The van der Waals surface area contributed by atoms with E-state index in [-0.39, 0.29) is 29.4 Å². The molecule has 4 nitrogen and oxygen atoms in total. The Kier molecular flexibility index (Phi) is 11.3. The minimum atomic E-state index is 0. The third kappa shape index (κ3) is 7.98. The molecule has 0 heterocycles. The van der Waals surface area contributed by atoms with E-state index in [1.54, 1.807) is 0 Å². The molecule has 0 aromatic heterocycles. The number of rotatable bonds is 8. The summed E-state index contributed by atoms with van der Waals surface area (Å²) in [6.45, 7) is 12.3. The van der Waals surface area contributed by atoms with Crippen LogP contribution in [0.15, 0.2) is 35.3 Å². The van der Waals surface area contributed by atoms with E-state index in [0.29, 0.717) is 6.61 Å². The van der Waals surface area contributed by atoms with E-state index in [1.807, 2.05) is 13.0 Å². The third-order valence-electron chi connectivity index (χ3n) is 3.27. The van der Waals surface area contributed by atoms with Gasteiger partial charge in [-0.2, -0.15) is 0 Å². The van der Waals surface area contributed by atoms with Crippen LogP contribution in [0.4, 0.5) is 0 Å². The fourth-order valence-corrected chi connectivity index (χ4v) is 1.99. The molecule has 0 amide bonds. The Morgan fingerprint density at radius 1 is 1.14 bits per heavy atom. The largest absolute Gasteiger partial charge is 0.380 e. The Bertz CT molecular complexity index is 421. The van der Waals surface area contributed by atoms with Crippen molar-refractivity contribution in [2.45, 2.75) is 33.1 Å². The summed E-state index contributed by atoms with van der Waals surface area (Å²) in [5.41, 5.74) is 1.32. The first-order valence-corrected chi connectivity index (χ1v) is 7.75. The molecule has 0 fully saturated rings. The van der Waals surface area contributed by atoms with Crippen molar-refractivity contribution in [2.75, 3.05) is 32.8 Å². The van der Waals surface area contributed by atoms with E-state index in [1.165, 1.54) is 5.56 Å². The second-order valence-electron chi connectivity index (χ2n) is 5.57. The van der Waals surface area contributed by atoms with Gasteiger partial charge in [-0.05, 0) is 19.4 Å². The van der Waals surface area contributed by atoms with Crippen LogP contribution < -0.4 is 10.6 Å². The van der Waals surface area contributed by atoms with Gasteiger partial charge in [0, 0.05) is 25.1 Å². The molecule has 2 N–H and O–H groups in total. The molecule has 0 aliphatic rings. The van der Waals surface area contributed by atoms with Crippen molar-refractivity contribution < 1.29 is 4.74 Å². The molecule has 22 heavy (non-hydrogen) atoms. The molecule has 0 bridgehead atoms. The van der Waals surface area contributed by atoms with Crippen LogP contribution in [0, 0.1) is 0 Å². The van der Waals surface area contributed by atoms with Gasteiger partial charge < -0.3 is 15.4 Å². The Hall–Kier alpha value is -0.820. The maximum atomic E-state index is 5.33.